The van der Waals surface area contributed by atoms with Crippen LogP contribution in [0.2, 0.25) is 0 Å². The number of aromatic carboxylic acids is 1. The van der Waals surface area contributed by atoms with Crippen LogP contribution in [-0.2, 0) is 0 Å². The first-order valence-corrected chi connectivity index (χ1v) is 5.25. The first kappa shape index (κ1) is 12.9. The molecule has 0 fully saturated rings. The third kappa shape index (κ3) is 2.52. The number of halogens is 2. The Labute approximate surface area is 107 Å². The fourth-order valence-electron chi connectivity index (χ4n) is 1.63. The number of benzene rings is 1. The summed E-state index contributed by atoms with van der Waals surface area (Å²) in [5, 5.41) is 8.81. The van der Waals surface area contributed by atoms with Crippen LogP contribution in [0.4, 0.5) is 8.78 Å². The van der Waals surface area contributed by atoms with Gasteiger partial charge in [-0.2, -0.15) is 0 Å². The lowest BCUT2D eigenvalue weighted by Gasteiger charge is -2.09. The quantitative estimate of drug-likeness (QED) is 0.927. The van der Waals surface area contributed by atoms with E-state index in [2.05, 4.69) is 4.98 Å². The molecule has 2 aromatic rings. The first-order chi connectivity index (χ1) is 9.02. The monoisotopic (exact) mass is 265 g/mol. The Balaban J connectivity index is 2.62. The second-order valence-corrected chi connectivity index (χ2v) is 3.70. The van der Waals surface area contributed by atoms with Crippen LogP contribution in [0.3, 0.4) is 0 Å². The minimum atomic E-state index is -1.23. The van der Waals surface area contributed by atoms with Gasteiger partial charge in [-0.05, 0) is 18.2 Å². The number of aromatic nitrogens is 1. The number of hydrogen-bond acceptors (Lipinski definition) is 3. The maximum atomic E-state index is 13.7. The normalized spacial score (nSPS) is 10.3. The van der Waals surface area contributed by atoms with E-state index >= 15 is 0 Å². The van der Waals surface area contributed by atoms with Crippen LogP contribution in [0.15, 0.2) is 30.5 Å². The molecule has 0 aliphatic carbocycles. The van der Waals surface area contributed by atoms with E-state index in [4.69, 9.17) is 9.84 Å². The molecule has 6 heteroatoms. The lowest BCUT2D eigenvalue weighted by Crippen LogP contribution is -2.02. The molecule has 0 spiro atoms. The Morgan fingerprint density at radius 1 is 1.26 bits per heavy atom. The van der Waals surface area contributed by atoms with Crippen molar-refractivity contribution in [2.24, 2.45) is 0 Å². The lowest BCUT2D eigenvalue weighted by molar-refractivity contribution is 0.0690. The van der Waals surface area contributed by atoms with Crippen molar-refractivity contribution in [2.75, 3.05) is 7.11 Å². The highest BCUT2D eigenvalue weighted by Crippen LogP contribution is 2.32. The molecule has 0 unspecified atom stereocenters. The number of carboxylic acids is 1. The third-order valence-corrected chi connectivity index (χ3v) is 2.52. The lowest BCUT2D eigenvalue weighted by atomic mass is 10.1. The summed E-state index contributed by atoms with van der Waals surface area (Å²) in [6.45, 7) is 0. The molecule has 0 aliphatic heterocycles. The topological polar surface area (TPSA) is 59.4 Å². The van der Waals surface area contributed by atoms with E-state index in [0.717, 1.165) is 30.5 Å². The van der Waals surface area contributed by atoms with E-state index < -0.39 is 17.6 Å². The number of hydrogen-bond donors (Lipinski definition) is 1. The van der Waals surface area contributed by atoms with Crippen molar-refractivity contribution in [1.82, 2.24) is 4.98 Å². The fraction of sp³-hybridized carbons (Fsp3) is 0.0769. The second kappa shape index (κ2) is 5.01. The van der Waals surface area contributed by atoms with Gasteiger partial charge in [0.1, 0.15) is 17.4 Å². The Hall–Kier alpha value is -2.50. The molecule has 1 heterocycles. The van der Waals surface area contributed by atoms with Gasteiger partial charge in [0.2, 0.25) is 0 Å². The molecule has 19 heavy (non-hydrogen) atoms. The van der Waals surface area contributed by atoms with Crippen molar-refractivity contribution < 1.29 is 23.4 Å². The van der Waals surface area contributed by atoms with Crippen LogP contribution in [0.1, 0.15) is 10.5 Å². The summed E-state index contributed by atoms with van der Waals surface area (Å²) >= 11 is 0. The van der Waals surface area contributed by atoms with Gasteiger partial charge in [0.05, 0.1) is 7.11 Å². The molecule has 0 bridgehead atoms. The molecule has 0 saturated carbocycles. The molecule has 0 amide bonds. The molecule has 0 aliphatic rings. The number of nitrogens with zero attached hydrogens (tertiary/aromatic N) is 1. The van der Waals surface area contributed by atoms with E-state index in [9.17, 15) is 13.6 Å². The van der Waals surface area contributed by atoms with Gasteiger partial charge in [0.15, 0.2) is 5.69 Å². The summed E-state index contributed by atoms with van der Waals surface area (Å²) < 4.78 is 31.8. The highest BCUT2D eigenvalue weighted by molar-refractivity contribution is 5.87. The van der Waals surface area contributed by atoms with E-state index in [0.29, 0.717) is 0 Å². The number of ether oxygens (including phenoxy) is 1. The zero-order chi connectivity index (χ0) is 14.0. The SMILES string of the molecule is COc1cc(C(=O)O)ncc1-c1cc(F)ccc1F. The second-order valence-electron chi connectivity index (χ2n) is 3.70. The fourth-order valence-corrected chi connectivity index (χ4v) is 1.63. The standard InChI is InChI=1S/C13H9F2NO3/c1-19-12-5-11(13(17)18)16-6-9(12)8-4-7(14)2-3-10(8)15/h2-6H,1H3,(H,17,18). The Bertz CT molecular complexity index is 644. The van der Waals surface area contributed by atoms with Crippen LogP contribution in [0.25, 0.3) is 11.1 Å². The van der Waals surface area contributed by atoms with Crippen LogP contribution in [0.5, 0.6) is 5.75 Å². The maximum Gasteiger partial charge on any atom is 0.354 e. The Morgan fingerprint density at radius 3 is 2.63 bits per heavy atom. The number of methoxy groups -OCH3 is 1. The summed E-state index contributed by atoms with van der Waals surface area (Å²) in [4.78, 5) is 14.5. The van der Waals surface area contributed by atoms with Gasteiger partial charge in [0.25, 0.3) is 0 Å². The van der Waals surface area contributed by atoms with Crippen molar-refractivity contribution >= 4 is 5.97 Å². The van der Waals surface area contributed by atoms with Crippen LogP contribution in [-0.4, -0.2) is 23.2 Å². The van der Waals surface area contributed by atoms with Gasteiger partial charge in [-0.1, -0.05) is 0 Å². The Kier molecular flexibility index (Phi) is 3.41. The van der Waals surface area contributed by atoms with Crippen molar-refractivity contribution in [1.29, 1.82) is 0 Å². The largest absolute Gasteiger partial charge is 0.496 e. The molecule has 98 valence electrons. The molecular weight excluding hydrogens is 256 g/mol. The molecule has 0 radical (unpaired) electrons. The zero-order valence-electron chi connectivity index (χ0n) is 9.85. The molecule has 1 aromatic heterocycles. The Morgan fingerprint density at radius 2 is 2.00 bits per heavy atom. The van der Waals surface area contributed by atoms with Gasteiger partial charge >= 0.3 is 5.97 Å². The summed E-state index contributed by atoms with van der Waals surface area (Å²) in [6, 6.07) is 4.12. The van der Waals surface area contributed by atoms with Gasteiger partial charge in [0, 0.05) is 23.4 Å². The highest BCUT2D eigenvalue weighted by atomic mass is 19.1. The molecule has 2 rings (SSSR count). The summed E-state index contributed by atoms with van der Waals surface area (Å²) in [6.07, 6.45) is 1.14. The average Bonchev–Trinajstić information content (AvgIpc) is 2.40. The zero-order valence-corrected chi connectivity index (χ0v) is 9.85. The maximum absolute atomic E-state index is 13.7. The van der Waals surface area contributed by atoms with Crippen molar-refractivity contribution in [3.8, 4) is 16.9 Å². The van der Waals surface area contributed by atoms with E-state index in [1.807, 2.05) is 0 Å². The summed E-state index contributed by atoms with van der Waals surface area (Å²) in [5.74, 6) is -2.38. The van der Waals surface area contributed by atoms with Gasteiger partial charge in [-0.25, -0.2) is 18.6 Å². The molecule has 4 nitrogen and oxygen atoms in total. The number of carbonyl (C=O) groups is 1. The molecule has 1 N–H and O–H groups in total. The highest BCUT2D eigenvalue weighted by Gasteiger charge is 2.15. The van der Waals surface area contributed by atoms with Crippen molar-refractivity contribution in [2.45, 2.75) is 0 Å². The first-order valence-electron chi connectivity index (χ1n) is 5.25. The van der Waals surface area contributed by atoms with Gasteiger partial charge < -0.3 is 9.84 Å². The number of pyridine rings is 1. The van der Waals surface area contributed by atoms with E-state index in [1.54, 1.807) is 0 Å². The van der Waals surface area contributed by atoms with Crippen molar-refractivity contribution in [3.05, 3.63) is 47.8 Å². The predicted molar refractivity (Wildman–Crippen MR) is 63.1 cm³/mol. The van der Waals surface area contributed by atoms with Gasteiger partial charge in [-0.15, -0.1) is 0 Å². The van der Waals surface area contributed by atoms with Crippen LogP contribution < -0.4 is 4.74 Å². The minimum Gasteiger partial charge on any atom is -0.496 e. The minimum absolute atomic E-state index is 0.0405. The molecular formula is C13H9F2NO3. The number of carboxylic acid groups (broad SMARTS) is 1. The van der Waals surface area contributed by atoms with Crippen LogP contribution in [0, 0.1) is 11.6 Å². The van der Waals surface area contributed by atoms with E-state index in [-0.39, 0.29) is 22.6 Å². The predicted octanol–water partition coefficient (Wildman–Crippen LogP) is 2.73. The van der Waals surface area contributed by atoms with Gasteiger partial charge in [-0.3, -0.25) is 0 Å². The molecule has 0 saturated heterocycles. The molecule has 1 aromatic carbocycles. The summed E-state index contributed by atoms with van der Waals surface area (Å²) in [5.41, 5.74) is -0.0943. The smallest absolute Gasteiger partial charge is 0.354 e. The van der Waals surface area contributed by atoms with Crippen LogP contribution >= 0.6 is 0 Å². The van der Waals surface area contributed by atoms with E-state index in [1.165, 1.54) is 7.11 Å². The molecule has 0 atom stereocenters. The summed E-state index contributed by atoms with van der Waals surface area (Å²) in [7, 11) is 1.31. The third-order valence-electron chi connectivity index (χ3n) is 2.52. The number of rotatable bonds is 3. The van der Waals surface area contributed by atoms with Crippen molar-refractivity contribution in [3.63, 3.8) is 0 Å². The average molecular weight is 265 g/mol.